The van der Waals surface area contributed by atoms with E-state index in [0.717, 1.165) is 6.42 Å². The minimum atomic E-state index is 1.16. The zero-order valence-corrected chi connectivity index (χ0v) is 11.9. The summed E-state index contributed by atoms with van der Waals surface area (Å²) in [6, 6.07) is 6.75. The van der Waals surface area contributed by atoms with Gasteiger partial charge in [-0.3, -0.25) is 0 Å². The molecule has 98 valence electrons. The predicted molar refractivity (Wildman–Crippen MR) is 80.6 cm³/mol. The van der Waals surface area contributed by atoms with Crippen molar-refractivity contribution >= 4 is 0 Å². The number of aryl methyl sites for hydroxylation is 3. The maximum atomic E-state index is 3.63. The molecule has 0 aromatic heterocycles. The Hall–Kier alpha value is -1.50. The highest BCUT2D eigenvalue weighted by atomic mass is 14.8. The van der Waals surface area contributed by atoms with Crippen molar-refractivity contribution in [1.82, 2.24) is 5.32 Å². The van der Waals surface area contributed by atoms with Crippen LogP contribution in [-0.2, 0) is 6.42 Å². The lowest BCUT2D eigenvalue weighted by molar-refractivity contribution is 0.724. The van der Waals surface area contributed by atoms with Crippen LogP contribution in [0, 0.1) is 13.8 Å². The van der Waals surface area contributed by atoms with Gasteiger partial charge in [-0.25, -0.2) is 0 Å². The average Bonchev–Trinajstić information content (AvgIpc) is 2.34. The highest BCUT2D eigenvalue weighted by Gasteiger charge is 1.99. The summed E-state index contributed by atoms with van der Waals surface area (Å²) in [5.74, 6) is 0. The number of hydrogen-bond acceptors (Lipinski definition) is 1. The molecule has 0 saturated heterocycles. The van der Waals surface area contributed by atoms with Crippen LogP contribution in [0.15, 0.2) is 42.8 Å². The van der Waals surface area contributed by atoms with Crippen LogP contribution < -0.4 is 5.32 Å². The molecule has 1 aromatic rings. The molecule has 1 rings (SSSR count). The van der Waals surface area contributed by atoms with Crippen LogP contribution in [0.1, 0.15) is 42.9 Å². The Balaban J connectivity index is 2.31. The van der Waals surface area contributed by atoms with Crippen LogP contribution in [0.25, 0.3) is 0 Å². The predicted octanol–water partition coefficient (Wildman–Crippen LogP) is 4.65. The minimum Gasteiger partial charge on any atom is -0.368 e. The lowest BCUT2D eigenvalue weighted by Crippen LogP contribution is -1.94. The van der Waals surface area contributed by atoms with Gasteiger partial charge < -0.3 is 5.32 Å². The zero-order valence-electron chi connectivity index (χ0n) is 11.9. The maximum Gasteiger partial charge on any atom is -0.000664 e. The first kappa shape index (κ1) is 14.6. The summed E-state index contributed by atoms with van der Waals surface area (Å²) in [5.41, 5.74) is 5.66. The molecule has 18 heavy (non-hydrogen) atoms. The first-order chi connectivity index (χ1) is 8.63. The molecule has 0 radical (unpaired) electrons. The zero-order chi connectivity index (χ0) is 13.4. The van der Waals surface area contributed by atoms with Gasteiger partial charge in [0.05, 0.1) is 0 Å². The van der Waals surface area contributed by atoms with Crippen LogP contribution in [0.4, 0.5) is 0 Å². The fourth-order valence-corrected chi connectivity index (χ4v) is 2.12. The van der Waals surface area contributed by atoms with Crippen molar-refractivity contribution in [3.8, 4) is 0 Å². The second-order valence-electron chi connectivity index (χ2n) is 5.00. The molecule has 0 bridgehead atoms. The summed E-state index contributed by atoms with van der Waals surface area (Å²) in [6.45, 7) is 10.2. The summed E-state index contributed by atoms with van der Waals surface area (Å²) < 4.78 is 0. The molecule has 0 saturated carbocycles. The van der Waals surface area contributed by atoms with E-state index in [4.69, 9.17) is 0 Å². The molecule has 0 heterocycles. The lowest BCUT2D eigenvalue weighted by Gasteiger charge is -2.07. The van der Waals surface area contributed by atoms with Crippen molar-refractivity contribution in [3.63, 3.8) is 0 Å². The number of hydrogen-bond donors (Lipinski definition) is 1. The molecule has 1 heteroatoms. The third-order valence-electron chi connectivity index (χ3n) is 3.21. The van der Waals surface area contributed by atoms with E-state index < -0.39 is 0 Å². The van der Waals surface area contributed by atoms with Crippen molar-refractivity contribution in [1.29, 1.82) is 0 Å². The molecule has 0 amide bonds. The average molecular weight is 243 g/mol. The maximum absolute atomic E-state index is 3.63. The Kier molecular flexibility index (Phi) is 6.27. The first-order valence-electron chi connectivity index (χ1n) is 6.72. The molecule has 1 aromatic carbocycles. The second kappa shape index (κ2) is 7.75. The molecule has 0 aliphatic rings. The molecular weight excluding hydrogens is 218 g/mol. The van der Waals surface area contributed by atoms with Crippen molar-refractivity contribution in [3.05, 3.63) is 59.4 Å². The smallest absolute Gasteiger partial charge is 0.000664 e. The van der Waals surface area contributed by atoms with Crippen LogP contribution in [0.2, 0.25) is 0 Å². The van der Waals surface area contributed by atoms with Gasteiger partial charge in [0, 0.05) is 0 Å². The van der Waals surface area contributed by atoms with Gasteiger partial charge in [0.2, 0.25) is 0 Å². The molecule has 1 nitrogen and oxygen atoms in total. The number of allylic oxidation sites excluding steroid dienone is 1. The highest BCUT2D eigenvalue weighted by molar-refractivity contribution is 5.30. The van der Waals surface area contributed by atoms with E-state index in [9.17, 15) is 0 Å². The fraction of sp³-hybridized carbons (Fsp3) is 0.412. The number of nitrogens with one attached hydrogen (secondary N) is 1. The summed E-state index contributed by atoms with van der Waals surface area (Å²) in [4.78, 5) is 0. The third-order valence-corrected chi connectivity index (χ3v) is 3.21. The van der Waals surface area contributed by atoms with Crippen LogP contribution >= 0.6 is 0 Å². The normalized spacial score (nSPS) is 11.4. The van der Waals surface area contributed by atoms with Gasteiger partial charge >= 0.3 is 0 Å². The van der Waals surface area contributed by atoms with E-state index in [-0.39, 0.29) is 0 Å². The Labute approximate surface area is 112 Å². The van der Waals surface area contributed by atoms with Crippen molar-refractivity contribution in [2.24, 2.45) is 0 Å². The van der Waals surface area contributed by atoms with E-state index in [0.29, 0.717) is 0 Å². The number of unbranched alkanes of at least 4 members (excludes halogenated alkanes) is 1. The Morgan fingerprint density at radius 1 is 1.28 bits per heavy atom. The number of benzene rings is 1. The molecule has 0 atom stereocenters. The molecule has 0 spiro atoms. The third kappa shape index (κ3) is 5.22. The largest absolute Gasteiger partial charge is 0.368 e. The second-order valence-corrected chi connectivity index (χ2v) is 5.00. The molecule has 0 fully saturated rings. The SMILES string of the molecule is C=CN/C=C(\C)CCCCc1ccc(C)cc1C. The van der Waals surface area contributed by atoms with Gasteiger partial charge in [0.25, 0.3) is 0 Å². The van der Waals surface area contributed by atoms with Gasteiger partial charge in [0.15, 0.2) is 0 Å². The Bertz CT molecular complexity index is 416. The van der Waals surface area contributed by atoms with Crippen molar-refractivity contribution in [2.45, 2.75) is 46.5 Å². The van der Waals surface area contributed by atoms with E-state index in [1.807, 2.05) is 6.20 Å². The van der Waals surface area contributed by atoms with Gasteiger partial charge in [-0.05, 0) is 70.0 Å². The van der Waals surface area contributed by atoms with Gasteiger partial charge in [-0.15, -0.1) is 0 Å². The van der Waals surface area contributed by atoms with E-state index in [2.05, 4.69) is 50.9 Å². The summed E-state index contributed by atoms with van der Waals surface area (Å²) in [5, 5.41) is 3.02. The molecule has 0 aliphatic carbocycles. The lowest BCUT2D eigenvalue weighted by atomic mass is 9.99. The summed E-state index contributed by atoms with van der Waals surface area (Å²) in [6.07, 6.45) is 8.58. The number of rotatable bonds is 7. The quantitative estimate of drug-likeness (QED) is 0.687. The summed E-state index contributed by atoms with van der Waals surface area (Å²) >= 11 is 0. The first-order valence-corrected chi connectivity index (χ1v) is 6.72. The molecular formula is C17H25N. The van der Waals surface area contributed by atoms with E-state index in [1.54, 1.807) is 6.20 Å². The van der Waals surface area contributed by atoms with Gasteiger partial charge in [0.1, 0.15) is 0 Å². The van der Waals surface area contributed by atoms with E-state index >= 15 is 0 Å². The van der Waals surface area contributed by atoms with Crippen LogP contribution in [0.5, 0.6) is 0 Å². The topological polar surface area (TPSA) is 12.0 Å². The van der Waals surface area contributed by atoms with Crippen molar-refractivity contribution < 1.29 is 0 Å². The minimum absolute atomic E-state index is 1.16. The van der Waals surface area contributed by atoms with Gasteiger partial charge in [-0.2, -0.15) is 0 Å². The standard InChI is InChI=1S/C17H25N/c1-5-18-13-15(3)8-6-7-9-17-11-10-14(2)12-16(17)4/h5,10-13,18H,1,6-9H2,2-4H3/b15-13+. The van der Waals surface area contributed by atoms with E-state index in [1.165, 1.54) is 41.5 Å². The Morgan fingerprint density at radius 3 is 2.72 bits per heavy atom. The molecule has 1 N–H and O–H groups in total. The molecule has 0 aliphatic heterocycles. The monoisotopic (exact) mass is 243 g/mol. The van der Waals surface area contributed by atoms with Crippen LogP contribution in [-0.4, -0.2) is 0 Å². The highest BCUT2D eigenvalue weighted by Crippen LogP contribution is 2.15. The van der Waals surface area contributed by atoms with Gasteiger partial charge in [-0.1, -0.05) is 35.9 Å². The summed E-state index contributed by atoms with van der Waals surface area (Å²) in [7, 11) is 0. The van der Waals surface area contributed by atoms with Crippen LogP contribution in [0.3, 0.4) is 0 Å². The Morgan fingerprint density at radius 2 is 2.06 bits per heavy atom. The molecule has 0 unspecified atom stereocenters. The van der Waals surface area contributed by atoms with Crippen molar-refractivity contribution in [2.75, 3.05) is 0 Å². The fourth-order valence-electron chi connectivity index (χ4n) is 2.12.